The van der Waals surface area contributed by atoms with Gasteiger partial charge in [0.2, 0.25) is 0 Å². The second-order valence-corrected chi connectivity index (χ2v) is 4.49. The number of hydrogen-bond donors (Lipinski definition) is 0. The molecule has 2 rings (SSSR count). The molecule has 0 bridgehead atoms. The van der Waals surface area contributed by atoms with Crippen molar-refractivity contribution in [1.29, 1.82) is 0 Å². The molecule has 0 amide bonds. The Hall–Kier alpha value is -0.720. The van der Waals surface area contributed by atoms with Crippen molar-refractivity contribution >= 4 is 0 Å². The molecule has 0 radical (unpaired) electrons. The lowest BCUT2D eigenvalue weighted by Crippen LogP contribution is -2.23. The highest BCUT2D eigenvalue weighted by Gasteiger charge is 2.42. The molecule has 2 aliphatic heterocycles. The van der Waals surface area contributed by atoms with Crippen LogP contribution >= 0.6 is 0 Å². The van der Waals surface area contributed by atoms with Gasteiger partial charge < -0.3 is 4.90 Å². The predicted molar refractivity (Wildman–Crippen MR) is 56.3 cm³/mol. The van der Waals surface area contributed by atoms with E-state index in [4.69, 9.17) is 0 Å². The maximum Gasteiger partial charge on any atom is 0.0389 e. The summed E-state index contributed by atoms with van der Waals surface area (Å²) in [4.78, 5) is 2.50. The van der Waals surface area contributed by atoms with E-state index in [1.165, 1.54) is 12.1 Å². The maximum absolute atomic E-state index is 4.20. The molecule has 0 spiro atoms. The third-order valence-corrected chi connectivity index (χ3v) is 3.94. The van der Waals surface area contributed by atoms with Crippen LogP contribution in [0.2, 0.25) is 0 Å². The summed E-state index contributed by atoms with van der Waals surface area (Å²) in [5, 5.41) is 0. The quantitative estimate of drug-likeness (QED) is 0.514. The van der Waals surface area contributed by atoms with Crippen molar-refractivity contribution in [3.63, 3.8) is 0 Å². The van der Waals surface area contributed by atoms with Gasteiger partial charge in [-0.25, -0.2) is 0 Å². The second-order valence-electron chi connectivity index (χ2n) is 4.49. The van der Waals surface area contributed by atoms with Crippen LogP contribution in [0.3, 0.4) is 0 Å². The Labute approximate surface area is 81.1 Å². The van der Waals surface area contributed by atoms with Crippen molar-refractivity contribution in [2.45, 2.75) is 33.2 Å². The van der Waals surface area contributed by atoms with Crippen LogP contribution in [0.5, 0.6) is 0 Å². The summed E-state index contributed by atoms with van der Waals surface area (Å²) in [5.74, 6) is 1.47. The predicted octanol–water partition coefficient (Wildman–Crippen LogP) is 2.81. The van der Waals surface area contributed by atoms with E-state index in [9.17, 15) is 0 Å². The fourth-order valence-electron chi connectivity index (χ4n) is 2.67. The molecule has 1 nitrogen and oxygen atoms in total. The summed E-state index contributed by atoms with van der Waals surface area (Å²) < 4.78 is 0. The molecule has 0 aromatic carbocycles. The minimum absolute atomic E-state index is 0.684. The van der Waals surface area contributed by atoms with Crippen LogP contribution in [0.1, 0.15) is 27.2 Å². The molecule has 3 unspecified atom stereocenters. The Morgan fingerprint density at radius 3 is 2.69 bits per heavy atom. The first kappa shape index (κ1) is 8.86. The lowest BCUT2D eigenvalue weighted by molar-refractivity contribution is 0.323. The van der Waals surface area contributed by atoms with Crippen molar-refractivity contribution in [2.24, 2.45) is 11.8 Å². The third-order valence-electron chi connectivity index (χ3n) is 3.94. The third kappa shape index (κ3) is 1.13. The molecule has 72 valence electrons. The molecule has 0 aromatic rings. The summed E-state index contributed by atoms with van der Waals surface area (Å²) >= 11 is 0. The Morgan fingerprint density at radius 1 is 1.46 bits per heavy atom. The Balaban J connectivity index is 2.23. The summed E-state index contributed by atoms with van der Waals surface area (Å²) in [5.41, 5.74) is 2.94. The first-order chi connectivity index (χ1) is 6.15. The highest BCUT2D eigenvalue weighted by Crippen LogP contribution is 2.43. The summed E-state index contributed by atoms with van der Waals surface area (Å²) in [7, 11) is 0. The number of hydrogen-bond acceptors (Lipinski definition) is 1. The van der Waals surface area contributed by atoms with Crippen LogP contribution in [0.4, 0.5) is 0 Å². The second kappa shape index (κ2) is 2.90. The Morgan fingerprint density at radius 2 is 2.15 bits per heavy atom. The highest BCUT2D eigenvalue weighted by atomic mass is 15.2. The number of allylic oxidation sites excluding steroid dienone is 2. The average molecular weight is 177 g/mol. The van der Waals surface area contributed by atoms with Crippen LogP contribution in [-0.2, 0) is 0 Å². The molecule has 1 heteroatoms. The molecule has 0 aliphatic carbocycles. The summed E-state index contributed by atoms with van der Waals surface area (Å²) in [6.45, 7) is 12.1. The van der Waals surface area contributed by atoms with E-state index in [0.717, 1.165) is 18.5 Å². The lowest BCUT2D eigenvalue weighted by Gasteiger charge is -2.19. The van der Waals surface area contributed by atoms with Gasteiger partial charge in [-0.05, 0) is 25.2 Å². The molecule has 3 atom stereocenters. The van der Waals surface area contributed by atoms with Crippen LogP contribution < -0.4 is 0 Å². The van der Waals surface area contributed by atoms with Crippen LogP contribution in [0.15, 0.2) is 23.9 Å². The van der Waals surface area contributed by atoms with Gasteiger partial charge in [-0.15, -0.1) is 0 Å². The van der Waals surface area contributed by atoms with Crippen LogP contribution in [0, 0.1) is 11.8 Å². The van der Waals surface area contributed by atoms with E-state index in [1.54, 1.807) is 5.57 Å². The van der Waals surface area contributed by atoms with E-state index in [1.807, 2.05) is 0 Å². The average Bonchev–Trinajstić information content (AvgIpc) is 2.64. The van der Waals surface area contributed by atoms with Gasteiger partial charge in [-0.1, -0.05) is 32.1 Å². The van der Waals surface area contributed by atoms with Gasteiger partial charge in [0.05, 0.1) is 0 Å². The molecule has 0 N–H and O–H groups in total. The van der Waals surface area contributed by atoms with Crippen LogP contribution in [0.25, 0.3) is 0 Å². The van der Waals surface area contributed by atoms with Gasteiger partial charge >= 0.3 is 0 Å². The first-order valence-electron chi connectivity index (χ1n) is 5.24. The van der Waals surface area contributed by atoms with E-state index in [-0.39, 0.29) is 0 Å². The lowest BCUT2D eigenvalue weighted by atomic mass is 9.90. The van der Waals surface area contributed by atoms with Gasteiger partial charge in [0.25, 0.3) is 0 Å². The normalized spacial score (nSPS) is 41.8. The zero-order chi connectivity index (χ0) is 9.59. The fraction of sp³-hybridized carbons (Fsp3) is 0.667. The van der Waals surface area contributed by atoms with E-state index in [0.29, 0.717) is 5.92 Å². The fourth-order valence-corrected chi connectivity index (χ4v) is 2.67. The van der Waals surface area contributed by atoms with Gasteiger partial charge in [0.15, 0.2) is 0 Å². The molecule has 2 fully saturated rings. The molecule has 2 heterocycles. The van der Waals surface area contributed by atoms with Crippen molar-refractivity contribution in [3.05, 3.63) is 23.9 Å². The van der Waals surface area contributed by atoms with Crippen molar-refractivity contribution in [3.8, 4) is 0 Å². The zero-order valence-corrected chi connectivity index (χ0v) is 8.88. The SMILES string of the molecule is C=C1C(C)C(C)C2C/C(=C/C)CN12. The van der Waals surface area contributed by atoms with Gasteiger partial charge in [-0.2, -0.15) is 0 Å². The van der Waals surface area contributed by atoms with E-state index in [2.05, 4.69) is 38.3 Å². The first-order valence-corrected chi connectivity index (χ1v) is 5.24. The zero-order valence-electron chi connectivity index (χ0n) is 8.88. The Bertz CT molecular complexity index is 264. The molecule has 2 aliphatic rings. The standard InChI is InChI=1S/C12H19N/c1-5-11-6-12-9(3)8(2)10(4)13(12)7-11/h5,8-9,12H,4,6-7H2,1-3H3/b11-5-. The summed E-state index contributed by atoms with van der Waals surface area (Å²) in [6.07, 6.45) is 3.53. The largest absolute Gasteiger partial charge is 0.367 e. The Kier molecular flexibility index (Phi) is 1.98. The molecule has 0 aromatic heterocycles. The number of fused-ring (bicyclic) bond motifs is 1. The van der Waals surface area contributed by atoms with Gasteiger partial charge in [0.1, 0.15) is 0 Å². The summed E-state index contributed by atoms with van der Waals surface area (Å²) in [6, 6.07) is 0.744. The van der Waals surface area contributed by atoms with Gasteiger partial charge in [0, 0.05) is 18.3 Å². The molecular formula is C12H19N. The van der Waals surface area contributed by atoms with E-state index < -0.39 is 0 Å². The maximum atomic E-state index is 4.20. The molecule has 0 saturated carbocycles. The number of nitrogens with zero attached hydrogens (tertiary/aromatic N) is 1. The van der Waals surface area contributed by atoms with Crippen molar-refractivity contribution < 1.29 is 0 Å². The highest BCUT2D eigenvalue weighted by molar-refractivity contribution is 5.23. The minimum Gasteiger partial charge on any atom is -0.367 e. The molecule has 13 heavy (non-hydrogen) atoms. The smallest absolute Gasteiger partial charge is 0.0389 e. The monoisotopic (exact) mass is 177 g/mol. The topological polar surface area (TPSA) is 3.24 Å². The molecule has 2 saturated heterocycles. The van der Waals surface area contributed by atoms with E-state index >= 15 is 0 Å². The molecular weight excluding hydrogens is 158 g/mol. The number of rotatable bonds is 0. The van der Waals surface area contributed by atoms with Crippen molar-refractivity contribution in [2.75, 3.05) is 6.54 Å². The minimum atomic E-state index is 0.684. The van der Waals surface area contributed by atoms with Crippen molar-refractivity contribution in [1.82, 2.24) is 4.90 Å². The van der Waals surface area contributed by atoms with Gasteiger partial charge in [-0.3, -0.25) is 0 Å². The van der Waals surface area contributed by atoms with Crippen LogP contribution in [-0.4, -0.2) is 17.5 Å².